The maximum Gasteiger partial charge on any atom is 0.255 e. The number of hydrogen-bond acceptors (Lipinski definition) is 6. The maximum atomic E-state index is 13.0. The molecule has 1 unspecified atom stereocenters. The Morgan fingerprint density at radius 1 is 1.03 bits per heavy atom. The summed E-state index contributed by atoms with van der Waals surface area (Å²) >= 11 is 6.13. The van der Waals surface area contributed by atoms with Crippen LogP contribution in [0.3, 0.4) is 0 Å². The minimum Gasteiger partial charge on any atom is -0.489 e. The van der Waals surface area contributed by atoms with Gasteiger partial charge in [-0.1, -0.05) is 18.0 Å². The highest BCUT2D eigenvalue weighted by Crippen LogP contribution is 2.37. The number of nitrogens with zero attached hydrogens (tertiary/aromatic N) is 3. The highest BCUT2D eigenvalue weighted by Gasteiger charge is 2.41. The van der Waals surface area contributed by atoms with Crippen molar-refractivity contribution in [1.29, 1.82) is 0 Å². The molecule has 0 spiro atoms. The second kappa shape index (κ2) is 9.48. The number of amides is 3. The Labute approximate surface area is 214 Å². The van der Waals surface area contributed by atoms with Crippen molar-refractivity contribution in [3.05, 3.63) is 58.4 Å². The summed E-state index contributed by atoms with van der Waals surface area (Å²) in [4.78, 5) is 45.1. The van der Waals surface area contributed by atoms with Gasteiger partial charge in [-0.3, -0.25) is 29.6 Å². The Balaban J connectivity index is 1.12. The lowest BCUT2D eigenvalue weighted by molar-refractivity contribution is -0.136. The van der Waals surface area contributed by atoms with Crippen LogP contribution in [0.4, 0.5) is 0 Å². The van der Waals surface area contributed by atoms with Gasteiger partial charge in [0.25, 0.3) is 5.91 Å². The molecule has 1 saturated carbocycles. The molecule has 1 aromatic carbocycles. The number of carbonyl (C=O) groups is 3. The smallest absolute Gasteiger partial charge is 0.255 e. The lowest BCUT2D eigenvalue weighted by Crippen LogP contribution is -2.57. The van der Waals surface area contributed by atoms with E-state index < -0.39 is 11.9 Å². The summed E-state index contributed by atoms with van der Waals surface area (Å²) < 4.78 is 6.53. The molecular formula is C27H29ClN4O4. The number of hydrogen-bond donors (Lipinski definition) is 1. The molecule has 0 bridgehead atoms. The van der Waals surface area contributed by atoms with Gasteiger partial charge in [0.1, 0.15) is 17.9 Å². The second-order valence-electron chi connectivity index (χ2n) is 10.3. The van der Waals surface area contributed by atoms with Crippen LogP contribution in [0, 0.1) is 0 Å². The Kier molecular flexibility index (Phi) is 6.17. The van der Waals surface area contributed by atoms with Gasteiger partial charge in [-0.2, -0.15) is 0 Å². The second-order valence-corrected chi connectivity index (χ2v) is 10.8. The topological polar surface area (TPSA) is 91.8 Å². The third kappa shape index (κ3) is 4.37. The molecule has 1 aliphatic carbocycles. The van der Waals surface area contributed by atoms with E-state index in [1.165, 1.54) is 12.0 Å². The zero-order valence-corrected chi connectivity index (χ0v) is 20.7. The van der Waals surface area contributed by atoms with E-state index in [0.29, 0.717) is 35.5 Å². The van der Waals surface area contributed by atoms with Crippen molar-refractivity contribution in [2.24, 2.45) is 0 Å². The van der Waals surface area contributed by atoms with Crippen LogP contribution in [0.5, 0.6) is 5.75 Å². The van der Waals surface area contributed by atoms with E-state index in [2.05, 4.69) is 15.2 Å². The van der Waals surface area contributed by atoms with Crippen molar-refractivity contribution in [2.45, 2.75) is 69.2 Å². The number of benzene rings is 1. The minimum atomic E-state index is -0.608. The molecule has 3 aliphatic heterocycles. The monoisotopic (exact) mass is 508 g/mol. The molecule has 1 aromatic heterocycles. The van der Waals surface area contributed by atoms with Crippen molar-refractivity contribution < 1.29 is 19.1 Å². The average molecular weight is 509 g/mol. The number of rotatable bonds is 5. The molecule has 36 heavy (non-hydrogen) atoms. The number of pyridine rings is 1. The van der Waals surface area contributed by atoms with Crippen LogP contribution in [-0.4, -0.2) is 63.8 Å². The summed E-state index contributed by atoms with van der Waals surface area (Å²) in [5, 5.41) is 3.03. The standard InChI is InChI=1S/C27H29ClN4O4/c28-19-9-16(11-29-12-19)18-13-31(14-18)22-3-1-2-4-24(22)36-20-5-6-21-17(10-20)15-32(27(21)35)23-7-8-25(33)30-26(23)34/h5-6,9-12,18,22-24H,1-4,7-8,13-15H2,(H,30,33,34)/t22-,23?,24+/m1/s1. The van der Waals surface area contributed by atoms with Gasteiger partial charge in [-0.25, -0.2) is 0 Å². The molecule has 188 valence electrons. The number of nitrogens with one attached hydrogen (secondary N) is 1. The summed E-state index contributed by atoms with van der Waals surface area (Å²) in [6, 6.07) is 7.38. The molecule has 8 nitrogen and oxygen atoms in total. The number of piperidine rings is 1. The predicted molar refractivity (Wildman–Crippen MR) is 133 cm³/mol. The summed E-state index contributed by atoms with van der Waals surface area (Å²) in [7, 11) is 0. The van der Waals surface area contributed by atoms with Gasteiger partial charge in [-0.05, 0) is 61.1 Å². The van der Waals surface area contributed by atoms with E-state index in [1.807, 2.05) is 30.5 Å². The Hall–Kier alpha value is -2.97. The Morgan fingerprint density at radius 2 is 1.86 bits per heavy atom. The summed E-state index contributed by atoms with van der Waals surface area (Å²) in [6.45, 7) is 2.31. The highest BCUT2D eigenvalue weighted by molar-refractivity contribution is 6.30. The van der Waals surface area contributed by atoms with Gasteiger partial charge in [0.2, 0.25) is 11.8 Å². The predicted octanol–water partition coefficient (Wildman–Crippen LogP) is 3.29. The maximum absolute atomic E-state index is 13.0. The van der Waals surface area contributed by atoms with Gasteiger partial charge < -0.3 is 9.64 Å². The highest BCUT2D eigenvalue weighted by atomic mass is 35.5. The first-order valence-corrected chi connectivity index (χ1v) is 13.1. The van der Waals surface area contributed by atoms with E-state index in [1.54, 1.807) is 11.1 Å². The molecule has 9 heteroatoms. The normalized spacial score (nSPS) is 27.0. The fourth-order valence-corrected chi connectivity index (χ4v) is 6.26. The lowest BCUT2D eigenvalue weighted by Gasteiger charge is -2.48. The largest absolute Gasteiger partial charge is 0.489 e. The summed E-state index contributed by atoms with van der Waals surface area (Å²) in [5.41, 5.74) is 2.66. The van der Waals surface area contributed by atoms with Gasteiger partial charge in [0.05, 0.1) is 5.02 Å². The van der Waals surface area contributed by atoms with E-state index in [9.17, 15) is 14.4 Å². The molecule has 4 heterocycles. The third-order valence-electron chi connectivity index (χ3n) is 8.03. The van der Waals surface area contributed by atoms with Crippen LogP contribution < -0.4 is 10.1 Å². The Morgan fingerprint density at radius 3 is 2.67 bits per heavy atom. The number of ether oxygens (including phenoxy) is 1. The first kappa shape index (κ1) is 23.4. The van der Waals surface area contributed by atoms with Crippen LogP contribution in [0.1, 0.15) is 65.9 Å². The van der Waals surface area contributed by atoms with E-state index >= 15 is 0 Å². The fraction of sp³-hybridized carbons (Fsp3) is 0.481. The minimum absolute atomic E-state index is 0.0959. The zero-order valence-electron chi connectivity index (χ0n) is 20.0. The van der Waals surface area contributed by atoms with Crippen LogP contribution in [0.25, 0.3) is 0 Å². The van der Waals surface area contributed by atoms with Crippen molar-refractivity contribution >= 4 is 29.3 Å². The quantitative estimate of drug-likeness (QED) is 0.623. The van der Waals surface area contributed by atoms with Gasteiger partial charge in [-0.15, -0.1) is 0 Å². The van der Waals surface area contributed by atoms with Crippen LogP contribution in [0.15, 0.2) is 36.7 Å². The Bertz CT molecular complexity index is 1210. The molecule has 4 aliphatic rings. The molecule has 1 N–H and O–H groups in total. The molecule has 0 radical (unpaired) electrons. The number of fused-ring (bicyclic) bond motifs is 1. The number of likely N-dealkylation sites (tertiary alicyclic amines) is 1. The summed E-state index contributed by atoms with van der Waals surface area (Å²) in [6.07, 6.45) is 8.74. The molecule has 3 fully saturated rings. The third-order valence-corrected chi connectivity index (χ3v) is 8.23. The molecular weight excluding hydrogens is 480 g/mol. The lowest BCUT2D eigenvalue weighted by atomic mass is 9.85. The zero-order chi connectivity index (χ0) is 24.8. The number of aromatic nitrogens is 1. The van der Waals surface area contributed by atoms with Gasteiger partial charge in [0, 0.05) is 56.0 Å². The average Bonchev–Trinajstić information content (AvgIpc) is 3.15. The van der Waals surface area contributed by atoms with Crippen LogP contribution in [0.2, 0.25) is 5.02 Å². The van der Waals surface area contributed by atoms with Crippen LogP contribution >= 0.6 is 11.6 Å². The van der Waals surface area contributed by atoms with E-state index in [4.69, 9.17) is 16.3 Å². The van der Waals surface area contributed by atoms with E-state index in [0.717, 1.165) is 43.7 Å². The SMILES string of the molecule is O=C1CCC(N2Cc3cc(O[C@H]4CCCC[C@H]4N4CC(c5cncc(Cl)c5)C4)ccc3C2=O)C(=O)N1. The van der Waals surface area contributed by atoms with Gasteiger partial charge in [0.15, 0.2) is 0 Å². The molecule has 3 amide bonds. The molecule has 2 aromatic rings. The molecule has 2 saturated heterocycles. The number of halogens is 1. The van der Waals surface area contributed by atoms with E-state index in [-0.39, 0.29) is 24.3 Å². The molecule has 6 rings (SSSR count). The summed E-state index contributed by atoms with van der Waals surface area (Å²) in [5.74, 6) is 0.373. The van der Waals surface area contributed by atoms with Crippen molar-refractivity contribution in [3.63, 3.8) is 0 Å². The van der Waals surface area contributed by atoms with Crippen molar-refractivity contribution in [2.75, 3.05) is 13.1 Å². The van der Waals surface area contributed by atoms with Crippen molar-refractivity contribution in [3.8, 4) is 5.75 Å². The van der Waals surface area contributed by atoms with Crippen molar-refractivity contribution in [1.82, 2.24) is 20.1 Å². The number of imide groups is 1. The van der Waals surface area contributed by atoms with Crippen LogP contribution in [-0.2, 0) is 16.1 Å². The fourth-order valence-electron chi connectivity index (χ4n) is 6.08. The van der Waals surface area contributed by atoms with Gasteiger partial charge >= 0.3 is 0 Å². The first-order chi connectivity index (χ1) is 17.5. The number of carbonyl (C=O) groups excluding carboxylic acids is 3. The first-order valence-electron chi connectivity index (χ1n) is 12.7. The molecule has 3 atom stereocenters.